The van der Waals surface area contributed by atoms with Gasteiger partial charge in [-0.05, 0) is 59.2 Å². The minimum Gasteiger partial charge on any atom is -0.295 e. The lowest BCUT2D eigenvalue weighted by Crippen LogP contribution is -2.43. The third-order valence-corrected chi connectivity index (χ3v) is 7.28. The standard InChI is InChI=1S/C24H21Cl2N3OS/c1-2-28-12-17(11-15-3-7-18(25)8-4-15)22-20(13-28)23(16-5-9-19(26)10-6-16)29-21(30)14-31-24(29)27-22/h3-11,23H,2,12-14H2,1H3/b17-11+. The summed E-state index contributed by atoms with van der Waals surface area (Å²) in [4.78, 5) is 22.1. The number of hydrogen-bond donors (Lipinski definition) is 0. The lowest BCUT2D eigenvalue weighted by atomic mass is 9.88. The van der Waals surface area contributed by atoms with Gasteiger partial charge in [-0.2, -0.15) is 0 Å². The summed E-state index contributed by atoms with van der Waals surface area (Å²) in [6.07, 6.45) is 2.19. The number of rotatable bonds is 3. The van der Waals surface area contributed by atoms with Crippen LogP contribution < -0.4 is 0 Å². The van der Waals surface area contributed by atoms with Gasteiger partial charge in [-0.1, -0.05) is 66.2 Å². The van der Waals surface area contributed by atoms with Gasteiger partial charge in [0.05, 0.1) is 17.5 Å². The van der Waals surface area contributed by atoms with E-state index in [4.69, 9.17) is 28.2 Å². The van der Waals surface area contributed by atoms with E-state index in [1.165, 1.54) is 11.8 Å². The Morgan fingerprint density at radius 3 is 2.42 bits per heavy atom. The van der Waals surface area contributed by atoms with Crippen molar-refractivity contribution in [3.05, 3.63) is 86.5 Å². The topological polar surface area (TPSA) is 35.9 Å². The molecule has 0 aliphatic carbocycles. The molecule has 3 aliphatic rings. The highest BCUT2D eigenvalue weighted by atomic mass is 35.5. The second-order valence-electron chi connectivity index (χ2n) is 7.80. The van der Waals surface area contributed by atoms with Crippen molar-refractivity contribution in [2.24, 2.45) is 4.99 Å². The summed E-state index contributed by atoms with van der Waals surface area (Å²) in [5, 5.41) is 2.20. The zero-order valence-corrected chi connectivity index (χ0v) is 19.3. The van der Waals surface area contributed by atoms with Crippen molar-refractivity contribution in [2.45, 2.75) is 13.0 Å². The van der Waals surface area contributed by atoms with Gasteiger partial charge in [-0.3, -0.25) is 14.6 Å². The fourth-order valence-electron chi connectivity index (χ4n) is 4.31. The SMILES string of the molecule is CCN1CC2=C(N=C3SCC(=O)N3C2c2ccc(Cl)cc2)/C(=C/c2ccc(Cl)cc2)C1. The van der Waals surface area contributed by atoms with E-state index in [1.807, 2.05) is 53.4 Å². The van der Waals surface area contributed by atoms with Gasteiger partial charge in [-0.15, -0.1) is 0 Å². The summed E-state index contributed by atoms with van der Waals surface area (Å²) in [7, 11) is 0. The minimum atomic E-state index is -0.162. The average molecular weight is 470 g/mol. The predicted octanol–water partition coefficient (Wildman–Crippen LogP) is 5.65. The van der Waals surface area contributed by atoms with Crippen LogP contribution in [-0.4, -0.2) is 46.3 Å². The van der Waals surface area contributed by atoms with Crippen LogP contribution in [0.4, 0.5) is 0 Å². The molecular weight excluding hydrogens is 449 g/mol. The van der Waals surface area contributed by atoms with Crippen LogP contribution in [0, 0.1) is 0 Å². The maximum Gasteiger partial charge on any atom is 0.239 e. The molecule has 1 unspecified atom stereocenters. The largest absolute Gasteiger partial charge is 0.295 e. The van der Waals surface area contributed by atoms with Crippen molar-refractivity contribution in [3.63, 3.8) is 0 Å². The summed E-state index contributed by atoms with van der Waals surface area (Å²) in [6.45, 7) is 4.68. The summed E-state index contributed by atoms with van der Waals surface area (Å²) < 4.78 is 0. The normalized spacial score (nSPS) is 22.6. The first-order chi connectivity index (χ1) is 15.0. The van der Waals surface area contributed by atoms with Crippen LogP contribution in [0.25, 0.3) is 6.08 Å². The summed E-state index contributed by atoms with van der Waals surface area (Å²) >= 11 is 13.7. The Labute approximate surface area is 196 Å². The van der Waals surface area contributed by atoms with Gasteiger partial charge in [0.25, 0.3) is 0 Å². The molecule has 0 bridgehead atoms. The Bertz CT molecular complexity index is 1120. The predicted molar refractivity (Wildman–Crippen MR) is 130 cm³/mol. The smallest absolute Gasteiger partial charge is 0.239 e. The average Bonchev–Trinajstić information content (AvgIpc) is 3.15. The molecule has 3 aliphatic heterocycles. The molecule has 3 heterocycles. The van der Waals surface area contributed by atoms with E-state index in [-0.39, 0.29) is 11.9 Å². The summed E-state index contributed by atoms with van der Waals surface area (Å²) in [6, 6.07) is 15.5. The van der Waals surface area contributed by atoms with Crippen LogP contribution >= 0.6 is 35.0 Å². The Morgan fingerprint density at radius 2 is 1.74 bits per heavy atom. The van der Waals surface area contributed by atoms with Crippen molar-refractivity contribution >= 4 is 52.1 Å². The number of nitrogens with zero attached hydrogens (tertiary/aromatic N) is 3. The first kappa shape index (κ1) is 20.8. The third-order valence-electron chi connectivity index (χ3n) is 5.84. The molecule has 2 aromatic carbocycles. The van der Waals surface area contributed by atoms with E-state index < -0.39 is 0 Å². The lowest BCUT2D eigenvalue weighted by Gasteiger charge is -2.40. The number of likely N-dealkylation sites (N-methyl/N-ethyl adjacent to an activating group) is 1. The van der Waals surface area contributed by atoms with Crippen LogP contribution in [0.3, 0.4) is 0 Å². The lowest BCUT2D eigenvalue weighted by molar-refractivity contribution is -0.125. The van der Waals surface area contributed by atoms with E-state index >= 15 is 0 Å². The third kappa shape index (κ3) is 3.96. The molecule has 2 aromatic rings. The number of fused-ring (bicyclic) bond motifs is 1. The van der Waals surface area contributed by atoms with Gasteiger partial charge in [0.15, 0.2) is 5.17 Å². The van der Waals surface area contributed by atoms with Gasteiger partial charge >= 0.3 is 0 Å². The highest BCUT2D eigenvalue weighted by molar-refractivity contribution is 8.15. The van der Waals surface area contributed by atoms with Crippen LogP contribution in [0.5, 0.6) is 0 Å². The zero-order valence-electron chi connectivity index (χ0n) is 17.0. The molecule has 31 heavy (non-hydrogen) atoms. The molecule has 1 saturated heterocycles. The maximum atomic E-state index is 12.8. The fraction of sp³-hybridized carbons (Fsp3) is 0.250. The first-order valence-corrected chi connectivity index (χ1v) is 12.0. The van der Waals surface area contributed by atoms with Crippen LogP contribution in [-0.2, 0) is 4.79 Å². The van der Waals surface area contributed by atoms with Crippen molar-refractivity contribution in [1.29, 1.82) is 0 Å². The maximum absolute atomic E-state index is 12.8. The first-order valence-electron chi connectivity index (χ1n) is 10.2. The molecule has 0 N–H and O–H groups in total. The van der Waals surface area contributed by atoms with E-state index in [9.17, 15) is 4.79 Å². The van der Waals surface area contributed by atoms with Gasteiger partial charge in [0.2, 0.25) is 5.91 Å². The Balaban J connectivity index is 1.67. The van der Waals surface area contributed by atoms with Crippen molar-refractivity contribution in [2.75, 3.05) is 25.4 Å². The number of amidine groups is 1. The second kappa shape index (κ2) is 8.47. The summed E-state index contributed by atoms with van der Waals surface area (Å²) in [5.41, 5.74) is 5.48. The van der Waals surface area contributed by atoms with Gasteiger partial charge < -0.3 is 0 Å². The van der Waals surface area contributed by atoms with E-state index in [0.29, 0.717) is 10.8 Å². The molecule has 4 nitrogen and oxygen atoms in total. The number of halogens is 2. The molecule has 1 atom stereocenters. The van der Waals surface area contributed by atoms with Gasteiger partial charge in [0, 0.05) is 23.1 Å². The van der Waals surface area contributed by atoms with Crippen LogP contribution in [0.2, 0.25) is 10.0 Å². The van der Waals surface area contributed by atoms with E-state index in [2.05, 4.69) is 17.9 Å². The van der Waals surface area contributed by atoms with Crippen molar-refractivity contribution in [3.8, 4) is 0 Å². The number of amides is 1. The molecule has 0 spiro atoms. The Kier molecular flexibility index (Phi) is 5.69. The number of hydrogen-bond acceptors (Lipinski definition) is 4. The van der Waals surface area contributed by atoms with Gasteiger partial charge in [0.1, 0.15) is 0 Å². The summed E-state index contributed by atoms with van der Waals surface area (Å²) in [5.74, 6) is 0.532. The number of carbonyl (C=O) groups is 1. The van der Waals surface area contributed by atoms with E-state index in [0.717, 1.165) is 57.8 Å². The van der Waals surface area contributed by atoms with E-state index in [1.54, 1.807) is 0 Å². The molecule has 7 heteroatoms. The second-order valence-corrected chi connectivity index (χ2v) is 9.61. The Morgan fingerprint density at radius 1 is 1.06 bits per heavy atom. The monoisotopic (exact) mass is 469 g/mol. The molecule has 0 saturated carbocycles. The molecule has 0 aromatic heterocycles. The Hall–Kier alpha value is -2.05. The highest BCUT2D eigenvalue weighted by Gasteiger charge is 2.43. The fourth-order valence-corrected chi connectivity index (χ4v) is 5.46. The zero-order chi connectivity index (χ0) is 21.5. The number of thioether (sulfide) groups is 1. The minimum absolute atomic E-state index is 0.104. The molecule has 1 amide bonds. The molecule has 0 radical (unpaired) electrons. The van der Waals surface area contributed by atoms with Crippen LogP contribution in [0.1, 0.15) is 24.1 Å². The molecule has 1 fully saturated rings. The van der Waals surface area contributed by atoms with Crippen molar-refractivity contribution in [1.82, 2.24) is 9.80 Å². The molecule has 5 rings (SSSR count). The quantitative estimate of drug-likeness (QED) is 0.582. The molecular formula is C24H21Cl2N3OS. The number of benzene rings is 2. The number of aliphatic imine (C=N–C) groups is 1. The van der Waals surface area contributed by atoms with Crippen molar-refractivity contribution < 1.29 is 4.79 Å². The molecule has 158 valence electrons. The highest BCUT2D eigenvalue weighted by Crippen LogP contribution is 2.44. The number of carbonyl (C=O) groups excluding carboxylic acids is 1. The van der Waals surface area contributed by atoms with Crippen LogP contribution in [0.15, 0.2) is 70.4 Å². The van der Waals surface area contributed by atoms with Gasteiger partial charge in [-0.25, -0.2) is 4.99 Å².